The number of carbonyl (C=O) groups excluding carboxylic acids is 2. The fourth-order valence-corrected chi connectivity index (χ4v) is 8.42. The van der Waals surface area contributed by atoms with Gasteiger partial charge in [0.15, 0.2) is 0 Å². The van der Waals surface area contributed by atoms with E-state index in [4.69, 9.17) is 4.74 Å². The lowest BCUT2D eigenvalue weighted by Gasteiger charge is -2.20. The summed E-state index contributed by atoms with van der Waals surface area (Å²) in [6.07, 6.45) is 68.4. The first kappa shape index (κ1) is 62.8. The van der Waals surface area contributed by atoms with Gasteiger partial charge in [-0.2, -0.15) is 0 Å². The summed E-state index contributed by atoms with van der Waals surface area (Å²) in [5.74, 6) is -0.0846. The van der Waals surface area contributed by atoms with Gasteiger partial charge < -0.3 is 20.3 Å². The molecule has 3 N–H and O–H groups in total. The summed E-state index contributed by atoms with van der Waals surface area (Å²) in [4.78, 5) is 24.5. The molecule has 0 bridgehead atoms. The van der Waals surface area contributed by atoms with E-state index in [0.29, 0.717) is 19.4 Å². The van der Waals surface area contributed by atoms with E-state index in [0.717, 1.165) is 57.8 Å². The molecule has 0 fully saturated rings. The van der Waals surface area contributed by atoms with Crippen LogP contribution in [0.15, 0.2) is 48.6 Å². The van der Waals surface area contributed by atoms with Crippen LogP contribution in [0.4, 0.5) is 0 Å². The second-order valence-electron chi connectivity index (χ2n) is 19.3. The summed E-state index contributed by atoms with van der Waals surface area (Å²) in [5.41, 5.74) is 0. The van der Waals surface area contributed by atoms with Crippen molar-refractivity contribution in [1.82, 2.24) is 5.32 Å². The Morgan fingerprint density at radius 3 is 1.22 bits per heavy atom. The van der Waals surface area contributed by atoms with Gasteiger partial charge in [-0.15, -0.1) is 0 Å². The summed E-state index contributed by atoms with van der Waals surface area (Å²) in [6, 6.07) is -0.633. The van der Waals surface area contributed by atoms with Gasteiger partial charge in [-0.25, -0.2) is 0 Å². The molecular formula is C59H109NO5. The number of allylic oxidation sites excluding steroid dienone is 7. The maximum atomic E-state index is 12.4. The predicted octanol–water partition coefficient (Wildman–Crippen LogP) is 17.4. The number of nitrogens with one attached hydrogen (secondary N) is 1. The van der Waals surface area contributed by atoms with Gasteiger partial charge in [-0.05, 0) is 89.9 Å². The van der Waals surface area contributed by atoms with Crippen LogP contribution in [0.25, 0.3) is 0 Å². The van der Waals surface area contributed by atoms with Crippen LogP contribution in [0.3, 0.4) is 0 Å². The van der Waals surface area contributed by atoms with Crippen LogP contribution >= 0.6 is 0 Å². The van der Waals surface area contributed by atoms with Crippen molar-refractivity contribution in [2.24, 2.45) is 0 Å². The zero-order chi connectivity index (χ0) is 47.2. The molecule has 2 unspecified atom stereocenters. The molecule has 0 radical (unpaired) electrons. The van der Waals surface area contributed by atoms with E-state index in [1.165, 1.54) is 205 Å². The Labute approximate surface area is 404 Å². The highest BCUT2D eigenvalue weighted by Crippen LogP contribution is 2.15. The molecule has 0 aromatic rings. The molecule has 0 aliphatic heterocycles. The number of aliphatic hydroxyl groups excluding tert-OH is 2. The minimum atomic E-state index is -0.849. The number of amides is 1. The van der Waals surface area contributed by atoms with Gasteiger partial charge in [0.2, 0.25) is 5.91 Å². The highest BCUT2D eigenvalue weighted by Gasteiger charge is 2.18. The third-order valence-corrected chi connectivity index (χ3v) is 12.8. The summed E-state index contributed by atoms with van der Waals surface area (Å²) in [5, 5.41) is 23.0. The SMILES string of the molecule is CCCCC/C=C\C/C=C\CCCCCCCC(=O)OCCCCCCCCCCCC/C=C\CCCCCCCCCC(=O)NC(CO)C(O)/C=C/CCCCCCCCCCCC. The molecule has 0 spiro atoms. The quantitative estimate of drug-likeness (QED) is 0.0321. The van der Waals surface area contributed by atoms with E-state index < -0.39 is 12.1 Å². The second-order valence-corrected chi connectivity index (χ2v) is 19.3. The number of hydrogen-bond donors (Lipinski definition) is 3. The lowest BCUT2D eigenvalue weighted by molar-refractivity contribution is -0.143. The summed E-state index contributed by atoms with van der Waals surface area (Å²) < 4.78 is 5.47. The fourth-order valence-electron chi connectivity index (χ4n) is 8.42. The van der Waals surface area contributed by atoms with E-state index >= 15 is 0 Å². The Morgan fingerprint density at radius 1 is 0.431 bits per heavy atom. The van der Waals surface area contributed by atoms with Crippen LogP contribution in [-0.2, 0) is 14.3 Å². The first-order chi connectivity index (χ1) is 32.0. The normalized spacial score (nSPS) is 13.0. The van der Waals surface area contributed by atoms with Crippen LogP contribution < -0.4 is 5.32 Å². The van der Waals surface area contributed by atoms with E-state index in [-0.39, 0.29) is 18.5 Å². The Balaban J connectivity index is 3.45. The minimum Gasteiger partial charge on any atom is -0.466 e. The highest BCUT2D eigenvalue weighted by molar-refractivity contribution is 5.76. The lowest BCUT2D eigenvalue weighted by Crippen LogP contribution is -2.45. The van der Waals surface area contributed by atoms with Crippen molar-refractivity contribution in [3.63, 3.8) is 0 Å². The first-order valence-corrected chi connectivity index (χ1v) is 28.4. The average molecular weight is 913 g/mol. The van der Waals surface area contributed by atoms with Crippen LogP contribution in [0, 0.1) is 0 Å². The van der Waals surface area contributed by atoms with Crippen LogP contribution in [0.5, 0.6) is 0 Å². The topological polar surface area (TPSA) is 95.9 Å². The van der Waals surface area contributed by atoms with Gasteiger partial charge in [-0.3, -0.25) is 9.59 Å². The largest absolute Gasteiger partial charge is 0.466 e. The Bertz CT molecular complexity index is 1100. The molecule has 1 amide bonds. The number of esters is 1. The Hall–Kier alpha value is -2.18. The van der Waals surface area contributed by atoms with Crippen LogP contribution in [0.2, 0.25) is 0 Å². The number of hydrogen-bond acceptors (Lipinski definition) is 5. The number of unbranched alkanes of at least 4 members (excludes halogenated alkanes) is 35. The smallest absolute Gasteiger partial charge is 0.305 e. The van der Waals surface area contributed by atoms with E-state index in [1.54, 1.807) is 6.08 Å². The Kier molecular flexibility index (Phi) is 52.6. The van der Waals surface area contributed by atoms with Crippen molar-refractivity contribution < 1.29 is 24.5 Å². The number of rotatable bonds is 52. The molecule has 65 heavy (non-hydrogen) atoms. The number of aliphatic hydroxyl groups is 2. The molecule has 0 aromatic carbocycles. The molecular weight excluding hydrogens is 803 g/mol. The standard InChI is InChI=1S/C59H109NO5/c1-3-5-7-9-11-13-15-17-25-29-33-37-41-45-49-53-59(64)65-54-50-46-42-38-34-30-27-24-22-20-18-19-21-23-26-28-32-36-40-44-48-52-58(63)60-56(55-61)57(62)51-47-43-39-35-31-16-14-12-10-8-6-4-2/h11,13,17,19,21,25,47,51,56-57,61-62H,3-10,12,14-16,18,20,22-24,26-46,48-50,52-55H2,1-2H3,(H,60,63)/b13-11-,21-19-,25-17-,51-47+. The van der Waals surface area contributed by atoms with Gasteiger partial charge in [0.1, 0.15) is 0 Å². The van der Waals surface area contributed by atoms with Crippen molar-refractivity contribution in [2.75, 3.05) is 13.2 Å². The summed E-state index contributed by atoms with van der Waals surface area (Å²) >= 11 is 0. The van der Waals surface area contributed by atoms with Gasteiger partial charge in [0.25, 0.3) is 0 Å². The molecule has 0 saturated heterocycles. The van der Waals surface area contributed by atoms with Gasteiger partial charge >= 0.3 is 5.97 Å². The van der Waals surface area contributed by atoms with E-state index in [2.05, 4.69) is 55.6 Å². The monoisotopic (exact) mass is 912 g/mol. The third-order valence-electron chi connectivity index (χ3n) is 12.8. The summed E-state index contributed by atoms with van der Waals surface area (Å²) in [6.45, 7) is 4.85. The van der Waals surface area contributed by atoms with Gasteiger partial charge in [0, 0.05) is 12.8 Å². The average Bonchev–Trinajstić information content (AvgIpc) is 3.31. The van der Waals surface area contributed by atoms with Crippen molar-refractivity contribution in [3.8, 4) is 0 Å². The molecule has 2 atom stereocenters. The molecule has 0 saturated carbocycles. The maximum Gasteiger partial charge on any atom is 0.305 e. The predicted molar refractivity (Wildman–Crippen MR) is 282 cm³/mol. The molecule has 380 valence electrons. The zero-order valence-electron chi connectivity index (χ0n) is 43.2. The number of carbonyl (C=O) groups is 2. The van der Waals surface area contributed by atoms with E-state index in [9.17, 15) is 19.8 Å². The minimum absolute atomic E-state index is 0.00715. The summed E-state index contributed by atoms with van der Waals surface area (Å²) in [7, 11) is 0. The maximum absolute atomic E-state index is 12.4. The van der Waals surface area contributed by atoms with Crippen LogP contribution in [0.1, 0.15) is 290 Å². The fraction of sp³-hybridized carbons (Fsp3) is 0.831. The van der Waals surface area contributed by atoms with Crippen molar-refractivity contribution in [1.29, 1.82) is 0 Å². The van der Waals surface area contributed by atoms with E-state index in [1.807, 2.05) is 6.08 Å². The molecule has 0 heterocycles. The van der Waals surface area contributed by atoms with Gasteiger partial charge in [0.05, 0.1) is 25.4 Å². The molecule has 0 aliphatic rings. The Morgan fingerprint density at radius 2 is 0.769 bits per heavy atom. The molecule has 6 nitrogen and oxygen atoms in total. The third kappa shape index (κ3) is 51.1. The van der Waals surface area contributed by atoms with Crippen molar-refractivity contribution in [2.45, 2.75) is 302 Å². The van der Waals surface area contributed by atoms with Crippen molar-refractivity contribution in [3.05, 3.63) is 48.6 Å². The van der Waals surface area contributed by atoms with Crippen LogP contribution in [-0.4, -0.2) is 47.4 Å². The number of ether oxygens (including phenoxy) is 1. The highest BCUT2D eigenvalue weighted by atomic mass is 16.5. The second kappa shape index (κ2) is 54.4. The van der Waals surface area contributed by atoms with Crippen molar-refractivity contribution >= 4 is 11.9 Å². The lowest BCUT2D eigenvalue weighted by atomic mass is 10.0. The zero-order valence-corrected chi connectivity index (χ0v) is 43.2. The molecule has 0 rings (SSSR count). The molecule has 6 heteroatoms. The molecule has 0 aliphatic carbocycles. The first-order valence-electron chi connectivity index (χ1n) is 28.4. The molecule has 0 aromatic heterocycles. The van der Waals surface area contributed by atoms with Gasteiger partial charge in [-0.1, -0.05) is 236 Å².